The highest BCUT2D eigenvalue weighted by molar-refractivity contribution is 5.88. The number of aldehydes is 1. The molecule has 1 rings (SSSR count). The molecule has 1 fully saturated rings. The number of carbonyl (C=O) groups is 3. The zero-order valence-electron chi connectivity index (χ0n) is 11.8. The van der Waals surface area contributed by atoms with Gasteiger partial charge < -0.3 is 20.1 Å². The van der Waals surface area contributed by atoms with E-state index in [1.807, 2.05) is 6.92 Å². The van der Waals surface area contributed by atoms with E-state index in [1.165, 1.54) is 4.90 Å². The lowest BCUT2D eigenvalue weighted by Gasteiger charge is -2.34. The van der Waals surface area contributed by atoms with Gasteiger partial charge in [-0.3, -0.25) is 4.79 Å². The van der Waals surface area contributed by atoms with Crippen LogP contribution < -0.4 is 5.32 Å². The van der Waals surface area contributed by atoms with E-state index in [4.69, 9.17) is 5.11 Å². The molecule has 0 spiro atoms. The largest absolute Gasteiger partial charge is 0.465 e. The van der Waals surface area contributed by atoms with Crippen LogP contribution in [-0.4, -0.2) is 46.9 Å². The first-order valence-electron chi connectivity index (χ1n) is 6.43. The number of hydrogen-bond donors (Lipinski definition) is 2. The second-order valence-corrected chi connectivity index (χ2v) is 6.17. The molecule has 1 aliphatic heterocycles. The van der Waals surface area contributed by atoms with Crippen molar-refractivity contribution in [1.82, 2.24) is 10.2 Å². The van der Waals surface area contributed by atoms with E-state index in [-0.39, 0.29) is 11.8 Å². The quantitative estimate of drug-likeness (QED) is 0.752. The molecule has 19 heavy (non-hydrogen) atoms. The number of carbonyl (C=O) groups excluding carboxylic acids is 2. The van der Waals surface area contributed by atoms with Gasteiger partial charge in [-0.2, -0.15) is 0 Å². The normalized spacial score (nSPS) is 24.9. The summed E-state index contributed by atoms with van der Waals surface area (Å²) < 4.78 is 0. The van der Waals surface area contributed by atoms with Crippen LogP contribution in [0.3, 0.4) is 0 Å². The van der Waals surface area contributed by atoms with E-state index in [0.29, 0.717) is 6.54 Å². The van der Waals surface area contributed by atoms with E-state index < -0.39 is 23.6 Å². The lowest BCUT2D eigenvalue weighted by Crippen LogP contribution is -2.56. The van der Waals surface area contributed by atoms with E-state index in [1.54, 1.807) is 20.8 Å². The van der Waals surface area contributed by atoms with E-state index in [9.17, 15) is 14.4 Å². The third kappa shape index (κ3) is 3.45. The van der Waals surface area contributed by atoms with Crippen molar-refractivity contribution in [3.63, 3.8) is 0 Å². The summed E-state index contributed by atoms with van der Waals surface area (Å²) in [5, 5.41) is 11.1. The standard InChI is InChI=1S/C13H22N2O4/c1-8-5-6-15(9(8)7-16)11(17)10(13(2,3)4)14-12(18)19/h7-10,14H,5-6H2,1-4H3,(H,18,19)/t8?,9?,10-/m1/s1. The molecule has 0 aromatic carbocycles. The van der Waals surface area contributed by atoms with Crippen LogP contribution in [0.2, 0.25) is 0 Å². The van der Waals surface area contributed by atoms with Crippen LogP contribution in [0.25, 0.3) is 0 Å². The maximum Gasteiger partial charge on any atom is 0.405 e. The van der Waals surface area contributed by atoms with Crippen molar-refractivity contribution >= 4 is 18.3 Å². The van der Waals surface area contributed by atoms with Crippen LogP contribution in [0.4, 0.5) is 4.79 Å². The van der Waals surface area contributed by atoms with E-state index >= 15 is 0 Å². The van der Waals surface area contributed by atoms with E-state index in [0.717, 1.165) is 12.7 Å². The van der Waals surface area contributed by atoms with Crippen LogP contribution in [0.1, 0.15) is 34.1 Å². The van der Waals surface area contributed by atoms with Gasteiger partial charge in [0.15, 0.2) is 0 Å². The summed E-state index contributed by atoms with van der Waals surface area (Å²) in [6.45, 7) is 7.79. The Hall–Kier alpha value is -1.59. The molecule has 1 aliphatic rings. The van der Waals surface area contributed by atoms with Crippen LogP contribution in [0.15, 0.2) is 0 Å². The minimum Gasteiger partial charge on any atom is -0.465 e. The van der Waals surface area contributed by atoms with Crippen molar-refractivity contribution in [2.75, 3.05) is 6.54 Å². The minimum absolute atomic E-state index is 0.117. The van der Waals surface area contributed by atoms with Gasteiger partial charge in [0.2, 0.25) is 5.91 Å². The molecule has 108 valence electrons. The number of likely N-dealkylation sites (tertiary alicyclic amines) is 1. The number of hydrogen-bond acceptors (Lipinski definition) is 3. The summed E-state index contributed by atoms with van der Waals surface area (Å²) in [5.41, 5.74) is -0.547. The first kappa shape index (κ1) is 15.5. The highest BCUT2D eigenvalue weighted by Gasteiger charge is 2.41. The lowest BCUT2D eigenvalue weighted by molar-refractivity contribution is -0.139. The Bertz CT molecular complexity index is 375. The summed E-state index contributed by atoms with van der Waals surface area (Å²) in [7, 11) is 0. The molecule has 0 bridgehead atoms. The molecule has 6 heteroatoms. The summed E-state index contributed by atoms with van der Waals surface area (Å²) >= 11 is 0. The maximum absolute atomic E-state index is 12.5. The third-order valence-corrected chi connectivity index (χ3v) is 3.57. The maximum atomic E-state index is 12.5. The highest BCUT2D eigenvalue weighted by atomic mass is 16.4. The number of nitrogens with one attached hydrogen (secondary N) is 1. The van der Waals surface area contributed by atoms with E-state index in [2.05, 4.69) is 5.32 Å². The van der Waals surface area contributed by atoms with Crippen molar-refractivity contribution in [1.29, 1.82) is 0 Å². The minimum atomic E-state index is -1.23. The third-order valence-electron chi connectivity index (χ3n) is 3.57. The first-order chi connectivity index (χ1) is 8.68. The van der Waals surface area contributed by atoms with Gasteiger partial charge in [0, 0.05) is 6.54 Å². The number of carboxylic acid groups (broad SMARTS) is 1. The summed E-state index contributed by atoms with van der Waals surface area (Å²) in [6, 6.07) is -1.30. The van der Waals surface area contributed by atoms with Gasteiger partial charge in [-0.1, -0.05) is 27.7 Å². The molecule has 0 radical (unpaired) electrons. The predicted octanol–water partition coefficient (Wildman–Crippen LogP) is 1.10. The fourth-order valence-electron chi connectivity index (χ4n) is 2.37. The summed E-state index contributed by atoms with van der Waals surface area (Å²) in [6.07, 6.45) is 0.304. The van der Waals surface area contributed by atoms with Gasteiger partial charge >= 0.3 is 6.09 Å². The molecule has 3 atom stereocenters. The zero-order chi connectivity index (χ0) is 14.8. The molecule has 0 aromatic rings. The van der Waals surface area contributed by atoms with Crippen molar-refractivity contribution < 1.29 is 19.5 Å². The van der Waals surface area contributed by atoms with Gasteiger partial charge in [-0.25, -0.2) is 4.79 Å². The smallest absolute Gasteiger partial charge is 0.405 e. The SMILES string of the molecule is CC1CCN(C(=O)[C@@H](NC(=O)O)C(C)(C)C)C1C=O. The first-order valence-corrected chi connectivity index (χ1v) is 6.43. The molecule has 2 N–H and O–H groups in total. The van der Waals surface area contributed by atoms with Crippen LogP contribution >= 0.6 is 0 Å². The van der Waals surface area contributed by atoms with Gasteiger partial charge in [0.05, 0.1) is 6.04 Å². The number of amides is 2. The van der Waals surface area contributed by atoms with Crippen molar-refractivity contribution in [3.05, 3.63) is 0 Å². The second-order valence-electron chi connectivity index (χ2n) is 6.17. The van der Waals surface area contributed by atoms with Crippen molar-refractivity contribution in [2.24, 2.45) is 11.3 Å². The van der Waals surface area contributed by atoms with Gasteiger partial charge in [0.1, 0.15) is 12.3 Å². The number of nitrogens with zero attached hydrogens (tertiary/aromatic N) is 1. The topological polar surface area (TPSA) is 86.7 Å². The molecule has 1 heterocycles. The Balaban J connectivity index is 2.94. The lowest BCUT2D eigenvalue weighted by atomic mass is 9.85. The van der Waals surface area contributed by atoms with Crippen LogP contribution in [0, 0.1) is 11.3 Å². The summed E-state index contributed by atoms with van der Waals surface area (Å²) in [5.74, 6) is -0.205. The highest BCUT2D eigenvalue weighted by Crippen LogP contribution is 2.27. The Morgan fingerprint density at radius 3 is 2.42 bits per heavy atom. The Morgan fingerprint density at radius 1 is 1.42 bits per heavy atom. The molecule has 1 saturated heterocycles. The van der Waals surface area contributed by atoms with Crippen LogP contribution in [-0.2, 0) is 9.59 Å². The molecule has 2 amide bonds. The van der Waals surface area contributed by atoms with Crippen molar-refractivity contribution in [2.45, 2.75) is 46.2 Å². The molecular weight excluding hydrogens is 248 g/mol. The predicted molar refractivity (Wildman–Crippen MR) is 69.7 cm³/mol. The molecule has 0 aromatic heterocycles. The van der Waals surface area contributed by atoms with Crippen LogP contribution in [0.5, 0.6) is 0 Å². The monoisotopic (exact) mass is 270 g/mol. The molecule has 0 aliphatic carbocycles. The number of rotatable bonds is 3. The zero-order valence-corrected chi connectivity index (χ0v) is 11.8. The van der Waals surface area contributed by atoms with Gasteiger partial charge in [-0.15, -0.1) is 0 Å². The average molecular weight is 270 g/mol. The molecule has 6 nitrogen and oxygen atoms in total. The van der Waals surface area contributed by atoms with Gasteiger partial charge in [0.25, 0.3) is 0 Å². The fraction of sp³-hybridized carbons (Fsp3) is 0.769. The molecule has 2 unspecified atom stereocenters. The van der Waals surface area contributed by atoms with Gasteiger partial charge in [-0.05, 0) is 17.8 Å². The molecular formula is C13H22N2O4. The molecule has 0 saturated carbocycles. The Kier molecular flexibility index (Phi) is 4.55. The fourth-order valence-corrected chi connectivity index (χ4v) is 2.37. The second kappa shape index (κ2) is 5.59. The van der Waals surface area contributed by atoms with Crippen molar-refractivity contribution in [3.8, 4) is 0 Å². The Labute approximate surface area is 113 Å². The average Bonchev–Trinajstić information content (AvgIpc) is 2.64. The summed E-state index contributed by atoms with van der Waals surface area (Å²) in [4.78, 5) is 35.9. The Morgan fingerprint density at radius 2 is 2.00 bits per heavy atom.